The van der Waals surface area contributed by atoms with Crippen molar-refractivity contribution >= 4 is 28.2 Å². The number of carbonyl (C=O) groups is 1. The number of ether oxygens (including phenoxy) is 1. The maximum atomic E-state index is 11.3. The molecule has 0 saturated carbocycles. The van der Waals surface area contributed by atoms with E-state index in [2.05, 4.69) is 40.8 Å². The molecule has 2 N–H and O–H groups in total. The quantitative estimate of drug-likeness (QED) is 0.384. The fourth-order valence-corrected chi connectivity index (χ4v) is 5.89. The topological polar surface area (TPSA) is 82.9 Å². The van der Waals surface area contributed by atoms with Crippen LogP contribution in [0.25, 0.3) is 10.9 Å². The SMILES string of the molecule is COc1ccc2nccc([C@H](O)CC[C@@H]3CCN(CC#Cc4ccc(C)s4)C[C@H]3CCC(=O)O)c2c1. The molecular weight excluding hydrogens is 472 g/mol. The van der Waals surface area contributed by atoms with Gasteiger partial charge in [-0.05, 0) is 92.9 Å². The van der Waals surface area contributed by atoms with Crippen molar-refractivity contribution in [2.24, 2.45) is 11.8 Å². The molecule has 0 spiro atoms. The van der Waals surface area contributed by atoms with E-state index >= 15 is 0 Å². The highest BCUT2D eigenvalue weighted by Crippen LogP contribution is 2.35. The Labute approximate surface area is 216 Å². The summed E-state index contributed by atoms with van der Waals surface area (Å²) in [7, 11) is 1.63. The largest absolute Gasteiger partial charge is 0.497 e. The van der Waals surface area contributed by atoms with Gasteiger partial charge < -0.3 is 14.9 Å². The standard InChI is InChI=1S/C29H34N2O4S/c1-20-5-9-24(36-20)4-3-16-31-17-14-21(22(19-31)7-12-29(33)34)6-11-28(32)25-13-15-30-27-10-8-23(35-2)18-26(25)27/h5,8-10,13,15,18,21-22,28,32H,6-7,11-12,14,16-17,19H2,1-2H3,(H,33,34)/t21-,22-,28-/m1/s1. The van der Waals surface area contributed by atoms with Gasteiger partial charge in [-0.3, -0.25) is 14.7 Å². The van der Waals surface area contributed by atoms with E-state index in [4.69, 9.17) is 4.74 Å². The molecule has 0 bridgehead atoms. The summed E-state index contributed by atoms with van der Waals surface area (Å²) >= 11 is 1.70. The van der Waals surface area contributed by atoms with Gasteiger partial charge in [-0.2, -0.15) is 0 Å². The van der Waals surface area contributed by atoms with Crippen molar-refractivity contribution in [3.8, 4) is 17.6 Å². The molecule has 7 heteroatoms. The van der Waals surface area contributed by atoms with Gasteiger partial charge in [0.05, 0.1) is 30.2 Å². The highest BCUT2D eigenvalue weighted by Gasteiger charge is 2.30. The lowest BCUT2D eigenvalue weighted by Gasteiger charge is -2.38. The van der Waals surface area contributed by atoms with E-state index in [0.29, 0.717) is 25.3 Å². The summed E-state index contributed by atoms with van der Waals surface area (Å²) in [6.45, 7) is 4.57. The van der Waals surface area contributed by atoms with Gasteiger partial charge in [0, 0.05) is 29.4 Å². The van der Waals surface area contributed by atoms with Crippen molar-refractivity contribution in [3.63, 3.8) is 0 Å². The summed E-state index contributed by atoms with van der Waals surface area (Å²) in [6.07, 6.45) is 4.42. The lowest BCUT2D eigenvalue weighted by Crippen LogP contribution is -2.41. The summed E-state index contributed by atoms with van der Waals surface area (Å²) in [6, 6.07) is 11.7. The third-order valence-electron chi connectivity index (χ3n) is 7.11. The molecule has 190 valence electrons. The predicted molar refractivity (Wildman–Crippen MR) is 143 cm³/mol. The number of hydrogen-bond donors (Lipinski definition) is 2. The number of aliphatic hydroxyl groups is 1. The summed E-state index contributed by atoms with van der Waals surface area (Å²) in [5, 5.41) is 21.3. The Hall–Kier alpha value is -2.92. The van der Waals surface area contributed by atoms with Gasteiger partial charge in [0.25, 0.3) is 0 Å². The second-order valence-electron chi connectivity index (χ2n) is 9.56. The second-order valence-corrected chi connectivity index (χ2v) is 10.9. The number of fused-ring (bicyclic) bond motifs is 1. The minimum absolute atomic E-state index is 0.173. The molecule has 0 amide bonds. The molecule has 3 atom stereocenters. The average molecular weight is 507 g/mol. The molecule has 1 aliphatic heterocycles. The zero-order valence-electron chi connectivity index (χ0n) is 20.9. The van der Waals surface area contributed by atoms with E-state index in [0.717, 1.165) is 53.0 Å². The number of methoxy groups -OCH3 is 1. The Kier molecular flexibility index (Phi) is 8.98. The molecule has 6 nitrogen and oxygen atoms in total. The van der Waals surface area contributed by atoms with Crippen LogP contribution in [0, 0.1) is 30.6 Å². The van der Waals surface area contributed by atoms with Crippen LogP contribution in [-0.4, -0.2) is 52.8 Å². The first-order chi connectivity index (χ1) is 17.4. The lowest BCUT2D eigenvalue weighted by molar-refractivity contribution is -0.137. The molecule has 1 fully saturated rings. The summed E-state index contributed by atoms with van der Waals surface area (Å²) in [5.74, 6) is 7.20. The van der Waals surface area contributed by atoms with Crippen LogP contribution in [-0.2, 0) is 4.79 Å². The molecule has 4 rings (SSSR count). The Bertz CT molecular complexity index is 1240. The van der Waals surface area contributed by atoms with Gasteiger partial charge in [0.15, 0.2) is 0 Å². The van der Waals surface area contributed by atoms with Crippen LogP contribution in [0.15, 0.2) is 42.6 Å². The van der Waals surface area contributed by atoms with Crippen LogP contribution in [0.2, 0.25) is 0 Å². The van der Waals surface area contributed by atoms with Gasteiger partial charge >= 0.3 is 5.97 Å². The number of rotatable bonds is 9. The van der Waals surface area contributed by atoms with Crippen LogP contribution < -0.4 is 4.74 Å². The van der Waals surface area contributed by atoms with Gasteiger partial charge in [-0.15, -0.1) is 11.3 Å². The van der Waals surface area contributed by atoms with Crippen LogP contribution >= 0.6 is 11.3 Å². The zero-order valence-corrected chi connectivity index (χ0v) is 21.8. The van der Waals surface area contributed by atoms with Crippen molar-refractivity contribution in [2.75, 3.05) is 26.7 Å². The van der Waals surface area contributed by atoms with E-state index in [9.17, 15) is 15.0 Å². The van der Waals surface area contributed by atoms with Crippen molar-refractivity contribution in [1.29, 1.82) is 0 Å². The molecule has 0 aliphatic carbocycles. The van der Waals surface area contributed by atoms with Crippen LogP contribution in [0.1, 0.15) is 53.5 Å². The molecule has 1 aromatic carbocycles. The molecule has 36 heavy (non-hydrogen) atoms. The van der Waals surface area contributed by atoms with Gasteiger partial charge in [-0.1, -0.05) is 11.8 Å². The number of hydrogen-bond acceptors (Lipinski definition) is 6. The fourth-order valence-electron chi connectivity index (χ4n) is 5.15. The minimum Gasteiger partial charge on any atom is -0.497 e. The summed E-state index contributed by atoms with van der Waals surface area (Å²) < 4.78 is 5.37. The summed E-state index contributed by atoms with van der Waals surface area (Å²) in [4.78, 5) is 20.4. The summed E-state index contributed by atoms with van der Waals surface area (Å²) in [5.41, 5.74) is 1.69. The highest BCUT2D eigenvalue weighted by atomic mass is 32.1. The van der Waals surface area contributed by atoms with Gasteiger partial charge in [0.2, 0.25) is 0 Å². The third kappa shape index (κ3) is 6.85. The number of carboxylic acids is 1. The molecule has 1 aliphatic rings. The maximum Gasteiger partial charge on any atom is 0.303 e. The Balaban J connectivity index is 1.39. The Morgan fingerprint density at radius 3 is 2.86 bits per heavy atom. The number of nitrogens with zero attached hydrogens (tertiary/aromatic N) is 2. The van der Waals surface area contributed by atoms with Crippen molar-refractivity contribution < 1.29 is 19.7 Å². The monoisotopic (exact) mass is 506 g/mol. The number of aliphatic carboxylic acids is 1. The maximum absolute atomic E-state index is 11.3. The number of pyridine rings is 1. The fraction of sp³-hybridized carbons (Fsp3) is 0.448. The van der Waals surface area contributed by atoms with E-state index in [1.807, 2.05) is 24.3 Å². The Morgan fingerprint density at radius 1 is 1.25 bits per heavy atom. The van der Waals surface area contributed by atoms with Gasteiger partial charge in [-0.25, -0.2) is 0 Å². The van der Waals surface area contributed by atoms with E-state index in [1.165, 1.54) is 4.88 Å². The molecule has 2 aromatic heterocycles. The number of benzene rings is 1. The molecule has 3 heterocycles. The normalized spacial score (nSPS) is 19.0. The highest BCUT2D eigenvalue weighted by molar-refractivity contribution is 7.12. The number of carboxylic acid groups (broad SMARTS) is 1. The second kappa shape index (κ2) is 12.4. The van der Waals surface area contributed by atoms with Crippen LogP contribution in [0.4, 0.5) is 0 Å². The van der Waals surface area contributed by atoms with Crippen LogP contribution in [0.3, 0.4) is 0 Å². The number of thiophene rings is 1. The zero-order chi connectivity index (χ0) is 25.5. The number of aliphatic hydroxyl groups excluding tert-OH is 1. The first-order valence-electron chi connectivity index (χ1n) is 12.5. The molecule has 1 saturated heterocycles. The van der Waals surface area contributed by atoms with E-state index < -0.39 is 12.1 Å². The first-order valence-corrected chi connectivity index (χ1v) is 13.3. The lowest BCUT2D eigenvalue weighted by atomic mass is 9.79. The number of likely N-dealkylation sites (tertiary alicyclic amines) is 1. The number of aryl methyl sites for hydroxylation is 1. The third-order valence-corrected chi connectivity index (χ3v) is 8.03. The Morgan fingerprint density at radius 2 is 2.11 bits per heavy atom. The number of aromatic nitrogens is 1. The van der Waals surface area contributed by atoms with E-state index in [1.54, 1.807) is 24.6 Å². The minimum atomic E-state index is -0.754. The first kappa shape index (κ1) is 26.2. The average Bonchev–Trinajstić information content (AvgIpc) is 3.30. The predicted octanol–water partition coefficient (Wildman–Crippen LogP) is 5.28. The molecular formula is C29H34N2O4S. The van der Waals surface area contributed by atoms with Crippen molar-refractivity contribution in [3.05, 3.63) is 57.9 Å². The molecule has 0 unspecified atom stereocenters. The molecule has 0 radical (unpaired) electrons. The van der Waals surface area contributed by atoms with Crippen molar-refractivity contribution in [1.82, 2.24) is 9.88 Å². The van der Waals surface area contributed by atoms with Crippen molar-refractivity contribution in [2.45, 2.75) is 45.1 Å². The number of piperidine rings is 1. The van der Waals surface area contributed by atoms with Crippen LogP contribution in [0.5, 0.6) is 5.75 Å². The van der Waals surface area contributed by atoms with E-state index in [-0.39, 0.29) is 12.3 Å². The van der Waals surface area contributed by atoms with Gasteiger partial charge in [0.1, 0.15) is 5.75 Å². The molecule has 3 aromatic rings. The smallest absolute Gasteiger partial charge is 0.303 e.